The Labute approximate surface area is 179 Å². The number of hydrogen-bond donors (Lipinski definition) is 1. The highest BCUT2D eigenvalue weighted by molar-refractivity contribution is 7.89. The van der Waals surface area contributed by atoms with Crippen LogP contribution in [0.25, 0.3) is 0 Å². The first-order chi connectivity index (χ1) is 13.3. The molecule has 28 heavy (non-hydrogen) atoms. The molecule has 2 aromatic carbocycles. The van der Waals surface area contributed by atoms with Crippen LogP contribution in [0.2, 0.25) is 15.1 Å². The van der Waals surface area contributed by atoms with Gasteiger partial charge < -0.3 is 5.32 Å². The number of halogens is 3. The number of nitrogens with one attached hydrogen (secondary N) is 1. The van der Waals surface area contributed by atoms with Gasteiger partial charge in [0.2, 0.25) is 15.9 Å². The highest BCUT2D eigenvalue weighted by Gasteiger charge is 2.26. The molecule has 0 aliphatic carbocycles. The van der Waals surface area contributed by atoms with E-state index in [1.807, 2.05) is 0 Å². The Morgan fingerprint density at radius 3 is 2.21 bits per heavy atom. The molecule has 3 rings (SSSR count). The Morgan fingerprint density at radius 2 is 1.57 bits per heavy atom. The lowest BCUT2D eigenvalue weighted by atomic mass is 10.1. The second kappa shape index (κ2) is 9.01. The van der Waals surface area contributed by atoms with Crippen LogP contribution in [0.4, 0.5) is 5.69 Å². The zero-order valence-corrected chi connectivity index (χ0v) is 18.0. The number of amides is 1. The van der Waals surface area contributed by atoms with Gasteiger partial charge in [0.05, 0.1) is 25.7 Å². The zero-order chi connectivity index (χ0) is 20.3. The van der Waals surface area contributed by atoms with Crippen molar-refractivity contribution in [2.75, 3.05) is 18.4 Å². The van der Waals surface area contributed by atoms with Crippen molar-refractivity contribution in [2.45, 2.75) is 30.6 Å². The number of aryl methyl sites for hydroxylation is 1. The maximum Gasteiger partial charge on any atom is 0.243 e. The van der Waals surface area contributed by atoms with E-state index in [1.54, 1.807) is 24.3 Å². The van der Waals surface area contributed by atoms with E-state index in [0.717, 1.165) is 18.4 Å². The third-order valence-electron chi connectivity index (χ3n) is 4.55. The van der Waals surface area contributed by atoms with Gasteiger partial charge in [-0.1, -0.05) is 46.9 Å². The summed E-state index contributed by atoms with van der Waals surface area (Å²) in [6.07, 6.45) is 2.48. The lowest BCUT2D eigenvalue weighted by Crippen LogP contribution is -2.27. The summed E-state index contributed by atoms with van der Waals surface area (Å²) in [5.74, 6) is -0.228. The number of hydrogen-bond acceptors (Lipinski definition) is 3. The van der Waals surface area contributed by atoms with Crippen molar-refractivity contribution in [3.8, 4) is 0 Å². The highest BCUT2D eigenvalue weighted by atomic mass is 35.5. The molecule has 0 saturated carbocycles. The van der Waals surface area contributed by atoms with Gasteiger partial charge in [0.1, 0.15) is 0 Å². The number of carbonyl (C=O) groups excluding carboxylic acids is 1. The zero-order valence-electron chi connectivity index (χ0n) is 14.9. The van der Waals surface area contributed by atoms with Crippen molar-refractivity contribution in [1.82, 2.24) is 4.31 Å². The van der Waals surface area contributed by atoms with Gasteiger partial charge in [-0.2, -0.15) is 4.31 Å². The standard InChI is InChI=1S/C19H19Cl3N2O3S/c20-15-11-17(22)18(12-16(15)21)23-19(25)8-5-13-3-6-14(7-4-13)28(26,27)24-9-1-2-10-24/h3-4,6-7,11-12H,1-2,5,8-10H2,(H,23,25). The number of benzene rings is 2. The van der Waals surface area contributed by atoms with Crippen molar-refractivity contribution in [1.29, 1.82) is 0 Å². The number of anilines is 1. The molecule has 1 saturated heterocycles. The number of carbonyl (C=O) groups is 1. The van der Waals surface area contributed by atoms with E-state index in [2.05, 4.69) is 5.32 Å². The molecule has 0 spiro atoms. The Bertz CT molecular complexity index is 973. The molecule has 1 aliphatic heterocycles. The number of nitrogens with zero attached hydrogens (tertiary/aromatic N) is 1. The summed E-state index contributed by atoms with van der Waals surface area (Å²) in [6, 6.07) is 9.64. The first-order valence-corrected chi connectivity index (χ1v) is 11.4. The van der Waals surface area contributed by atoms with E-state index < -0.39 is 10.0 Å². The Hall–Kier alpha value is -1.31. The molecule has 5 nitrogen and oxygen atoms in total. The predicted octanol–water partition coefficient (Wildman–Crippen LogP) is 5.00. The SMILES string of the molecule is O=C(CCc1ccc(S(=O)(=O)N2CCCC2)cc1)Nc1cc(Cl)c(Cl)cc1Cl. The van der Waals surface area contributed by atoms with Crippen LogP contribution in [0.5, 0.6) is 0 Å². The van der Waals surface area contributed by atoms with Crippen LogP contribution in [0.3, 0.4) is 0 Å². The molecule has 0 bridgehead atoms. The van der Waals surface area contributed by atoms with Crippen LogP contribution in [0.15, 0.2) is 41.3 Å². The lowest BCUT2D eigenvalue weighted by Gasteiger charge is -2.15. The van der Waals surface area contributed by atoms with E-state index in [9.17, 15) is 13.2 Å². The van der Waals surface area contributed by atoms with Crippen LogP contribution in [-0.2, 0) is 21.2 Å². The average molecular weight is 462 g/mol. The Balaban J connectivity index is 1.59. The van der Waals surface area contributed by atoms with Crippen LogP contribution in [0, 0.1) is 0 Å². The Kier molecular flexibility index (Phi) is 6.89. The van der Waals surface area contributed by atoms with Crippen molar-refractivity contribution in [3.05, 3.63) is 57.0 Å². The molecule has 1 amide bonds. The molecule has 0 atom stereocenters. The van der Waals surface area contributed by atoms with Gasteiger partial charge in [-0.3, -0.25) is 4.79 Å². The van der Waals surface area contributed by atoms with Crippen LogP contribution in [-0.4, -0.2) is 31.7 Å². The fraction of sp³-hybridized carbons (Fsp3) is 0.316. The third-order valence-corrected chi connectivity index (χ3v) is 7.50. The first-order valence-electron chi connectivity index (χ1n) is 8.81. The van der Waals surface area contributed by atoms with Crippen LogP contribution in [0.1, 0.15) is 24.8 Å². The van der Waals surface area contributed by atoms with Crippen molar-refractivity contribution >= 4 is 56.4 Å². The minimum atomic E-state index is -3.42. The highest BCUT2D eigenvalue weighted by Crippen LogP contribution is 2.32. The van der Waals surface area contributed by atoms with Gasteiger partial charge in [-0.05, 0) is 49.1 Å². The van der Waals surface area contributed by atoms with Crippen LogP contribution < -0.4 is 5.32 Å². The van der Waals surface area contributed by atoms with Gasteiger partial charge >= 0.3 is 0 Å². The summed E-state index contributed by atoms with van der Waals surface area (Å²) in [5.41, 5.74) is 1.27. The van der Waals surface area contributed by atoms with E-state index in [-0.39, 0.29) is 17.2 Å². The van der Waals surface area contributed by atoms with Crippen LogP contribution >= 0.6 is 34.8 Å². The molecular weight excluding hydrogens is 443 g/mol. The maximum absolute atomic E-state index is 12.5. The summed E-state index contributed by atoms with van der Waals surface area (Å²) in [4.78, 5) is 12.5. The van der Waals surface area contributed by atoms with Gasteiger partial charge in [0.25, 0.3) is 0 Å². The largest absolute Gasteiger partial charge is 0.325 e. The van der Waals surface area contributed by atoms with E-state index in [1.165, 1.54) is 16.4 Å². The van der Waals surface area contributed by atoms with Crippen molar-refractivity contribution in [2.24, 2.45) is 0 Å². The fourth-order valence-electron chi connectivity index (χ4n) is 2.99. The summed E-state index contributed by atoms with van der Waals surface area (Å²) in [6.45, 7) is 1.14. The fourth-order valence-corrected chi connectivity index (χ4v) is 5.11. The normalized spacial score (nSPS) is 15.0. The van der Waals surface area contributed by atoms with Gasteiger partial charge in [0.15, 0.2) is 0 Å². The summed E-state index contributed by atoms with van der Waals surface area (Å²) < 4.78 is 26.6. The second-order valence-corrected chi connectivity index (χ2v) is 9.71. The minimum Gasteiger partial charge on any atom is -0.325 e. The van der Waals surface area contributed by atoms with E-state index in [0.29, 0.717) is 40.3 Å². The molecule has 1 fully saturated rings. The molecule has 0 radical (unpaired) electrons. The second-order valence-electron chi connectivity index (χ2n) is 6.55. The molecule has 150 valence electrons. The van der Waals surface area contributed by atoms with Crippen molar-refractivity contribution in [3.63, 3.8) is 0 Å². The topological polar surface area (TPSA) is 66.5 Å². The van der Waals surface area contributed by atoms with Crippen molar-refractivity contribution < 1.29 is 13.2 Å². The molecule has 0 unspecified atom stereocenters. The molecule has 9 heteroatoms. The molecule has 1 N–H and O–H groups in total. The molecule has 2 aromatic rings. The first kappa shape index (κ1) is 21.4. The average Bonchev–Trinajstić information content (AvgIpc) is 3.20. The predicted molar refractivity (Wildman–Crippen MR) is 113 cm³/mol. The van der Waals surface area contributed by atoms with E-state index >= 15 is 0 Å². The summed E-state index contributed by atoms with van der Waals surface area (Å²) >= 11 is 17.9. The Morgan fingerprint density at radius 1 is 0.964 bits per heavy atom. The number of sulfonamides is 1. The van der Waals surface area contributed by atoms with Gasteiger partial charge in [-0.15, -0.1) is 0 Å². The number of rotatable bonds is 6. The van der Waals surface area contributed by atoms with Gasteiger partial charge in [-0.25, -0.2) is 8.42 Å². The summed E-state index contributed by atoms with van der Waals surface area (Å²) in [7, 11) is -3.42. The molecule has 1 heterocycles. The summed E-state index contributed by atoms with van der Waals surface area (Å²) in [5, 5.41) is 3.63. The molecule has 1 aliphatic rings. The minimum absolute atomic E-state index is 0.217. The monoisotopic (exact) mass is 460 g/mol. The third kappa shape index (κ3) is 4.99. The molecular formula is C19H19Cl3N2O3S. The molecule has 0 aromatic heterocycles. The van der Waals surface area contributed by atoms with E-state index in [4.69, 9.17) is 34.8 Å². The quantitative estimate of drug-likeness (QED) is 0.615. The smallest absolute Gasteiger partial charge is 0.243 e. The maximum atomic E-state index is 12.5. The van der Waals surface area contributed by atoms with Gasteiger partial charge in [0, 0.05) is 19.5 Å². The lowest BCUT2D eigenvalue weighted by molar-refractivity contribution is -0.116.